The number of hydrogen-bond donors (Lipinski definition) is 1. The summed E-state index contributed by atoms with van der Waals surface area (Å²) in [5.74, 6) is 0. The van der Waals surface area contributed by atoms with Crippen molar-refractivity contribution in [2.75, 3.05) is 6.54 Å². The number of rotatable bonds is 7. The van der Waals surface area contributed by atoms with Crippen LogP contribution in [0, 0.1) is 0 Å². The molecule has 0 saturated heterocycles. The van der Waals surface area contributed by atoms with Gasteiger partial charge in [-0.15, -0.1) is 0 Å². The molecule has 0 aliphatic heterocycles. The van der Waals surface area contributed by atoms with E-state index in [4.69, 9.17) is 0 Å². The van der Waals surface area contributed by atoms with Crippen molar-refractivity contribution in [2.45, 2.75) is 68.9 Å². The van der Waals surface area contributed by atoms with Gasteiger partial charge in [0.1, 0.15) is 0 Å². The number of benzene rings is 1. The van der Waals surface area contributed by atoms with Crippen LogP contribution in [-0.4, -0.2) is 17.0 Å². The van der Waals surface area contributed by atoms with Crippen molar-refractivity contribution in [3.63, 3.8) is 0 Å². The van der Waals surface area contributed by atoms with Crippen molar-refractivity contribution in [1.82, 2.24) is 5.32 Å². The summed E-state index contributed by atoms with van der Waals surface area (Å²) in [6.07, 6.45) is 8.41. The summed E-state index contributed by atoms with van der Waals surface area (Å²) in [5, 5.41) is 5.30. The molecule has 2 unspecified atom stereocenters. The highest BCUT2D eigenvalue weighted by atomic mass is 32.2. The van der Waals surface area contributed by atoms with Crippen LogP contribution >= 0.6 is 11.8 Å². The molecule has 20 heavy (non-hydrogen) atoms. The predicted molar refractivity (Wildman–Crippen MR) is 91.4 cm³/mol. The molecule has 2 rings (SSSR count). The van der Waals surface area contributed by atoms with Gasteiger partial charge in [-0.1, -0.05) is 63.4 Å². The maximum Gasteiger partial charge on any atom is 0.0440 e. The molecule has 0 radical (unpaired) electrons. The zero-order chi connectivity index (χ0) is 14.2. The average molecular weight is 292 g/mol. The first kappa shape index (κ1) is 15.9. The summed E-state index contributed by atoms with van der Waals surface area (Å²) in [5.41, 5.74) is 1.45. The molecule has 1 fully saturated rings. The summed E-state index contributed by atoms with van der Waals surface area (Å²) in [6, 6.07) is 11.5. The van der Waals surface area contributed by atoms with Crippen LogP contribution in [0.5, 0.6) is 0 Å². The van der Waals surface area contributed by atoms with E-state index in [0.29, 0.717) is 11.3 Å². The molecule has 2 atom stereocenters. The predicted octanol–water partition coefficient (Wildman–Crippen LogP) is 5.18. The van der Waals surface area contributed by atoms with E-state index in [0.717, 1.165) is 11.8 Å². The molecule has 0 amide bonds. The van der Waals surface area contributed by atoms with Crippen LogP contribution in [0.15, 0.2) is 30.3 Å². The first-order chi connectivity index (χ1) is 9.85. The second kappa shape index (κ2) is 8.74. The second-order valence-electron chi connectivity index (χ2n) is 5.79. The molecule has 112 valence electrons. The summed E-state index contributed by atoms with van der Waals surface area (Å²) in [4.78, 5) is 0. The minimum Gasteiger partial charge on any atom is -0.309 e. The fourth-order valence-electron chi connectivity index (χ4n) is 3.20. The molecule has 1 N–H and O–H groups in total. The van der Waals surface area contributed by atoms with Gasteiger partial charge in [0.2, 0.25) is 0 Å². The first-order valence-corrected chi connectivity index (χ1v) is 9.23. The monoisotopic (exact) mass is 291 g/mol. The van der Waals surface area contributed by atoms with E-state index in [1.807, 2.05) is 0 Å². The average Bonchev–Trinajstić information content (AvgIpc) is 2.52. The van der Waals surface area contributed by atoms with Crippen LogP contribution in [0.4, 0.5) is 0 Å². The van der Waals surface area contributed by atoms with Crippen LogP contribution in [0.1, 0.15) is 64.0 Å². The molecule has 0 aromatic heterocycles. The third-order valence-corrected chi connectivity index (χ3v) is 6.09. The molecule has 1 aromatic rings. The highest BCUT2D eigenvalue weighted by Crippen LogP contribution is 2.37. The molecule has 0 bridgehead atoms. The molecule has 1 aliphatic rings. The van der Waals surface area contributed by atoms with Gasteiger partial charge in [0.15, 0.2) is 0 Å². The molecule has 1 saturated carbocycles. The van der Waals surface area contributed by atoms with Crippen molar-refractivity contribution in [1.29, 1.82) is 0 Å². The third-order valence-electron chi connectivity index (χ3n) is 4.28. The number of hydrogen-bond acceptors (Lipinski definition) is 2. The smallest absolute Gasteiger partial charge is 0.0440 e. The highest BCUT2D eigenvalue weighted by molar-refractivity contribution is 8.00. The lowest BCUT2D eigenvalue weighted by atomic mass is 10.0. The lowest BCUT2D eigenvalue weighted by molar-refractivity contribution is 0.497. The fraction of sp³-hybridized carbons (Fsp3) is 0.667. The maximum atomic E-state index is 3.72. The summed E-state index contributed by atoms with van der Waals surface area (Å²) >= 11 is 2.25. The zero-order valence-corrected chi connectivity index (χ0v) is 13.8. The van der Waals surface area contributed by atoms with Gasteiger partial charge >= 0.3 is 0 Å². The van der Waals surface area contributed by atoms with Crippen molar-refractivity contribution >= 4 is 11.8 Å². The number of thioether (sulfide) groups is 1. The Hall–Kier alpha value is -0.470. The Morgan fingerprint density at radius 1 is 1.10 bits per heavy atom. The SMILES string of the molecule is CCNC(c1ccccc1)C(CC)SC1CCCCC1. The van der Waals surface area contributed by atoms with E-state index in [2.05, 4.69) is 61.3 Å². The third kappa shape index (κ3) is 4.53. The minimum atomic E-state index is 0.498. The van der Waals surface area contributed by atoms with Crippen molar-refractivity contribution in [3.05, 3.63) is 35.9 Å². The van der Waals surface area contributed by atoms with E-state index in [9.17, 15) is 0 Å². The first-order valence-electron chi connectivity index (χ1n) is 8.29. The molecule has 1 nitrogen and oxygen atoms in total. The Morgan fingerprint density at radius 2 is 1.80 bits per heavy atom. The molecule has 1 aromatic carbocycles. The van der Waals surface area contributed by atoms with Crippen LogP contribution < -0.4 is 5.32 Å². The van der Waals surface area contributed by atoms with E-state index >= 15 is 0 Å². The van der Waals surface area contributed by atoms with E-state index in [1.54, 1.807) is 0 Å². The summed E-state index contributed by atoms with van der Waals surface area (Å²) in [6.45, 7) is 5.60. The molecule has 1 aliphatic carbocycles. The fourth-order valence-corrected chi connectivity index (χ4v) is 4.91. The van der Waals surface area contributed by atoms with E-state index < -0.39 is 0 Å². The summed E-state index contributed by atoms with van der Waals surface area (Å²) in [7, 11) is 0. The normalized spacial score (nSPS) is 19.7. The molecule has 0 spiro atoms. The van der Waals surface area contributed by atoms with Crippen LogP contribution in [0.3, 0.4) is 0 Å². The quantitative estimate of drug-likeness (QED) is 0.742. The highest BCUT2D eigenvalue weighted by Gasteiger charge is 2.25. The van der Waals surface area contributed by atoms with Crippen molar-refractivity contribution < 1.29 is 0 Å². The zero-order valence-electron chi connectivity index (χ0n) is 13.0. The Bertz CT molecular complexity index is 359. The largest absolute Gasteiger partial charge is 0.309 e. The lowest BCUT2D eigenvalue weighted by Gasteiger charge is -2.32. The van der Waals surface area contributed by atoms with Gasteiger partial charge < -0.3 is 5.32 Å². The van der Waals surface area contributed by atoms with Gasteiger partial charge in [-0.25, -0.2) is 0 Å². The maximum absolute atomic E-state index is 3.72. The molecule has 0 heterocycles. The van der Waals surface area contributed by atoms with Gasteiger partial charge in [-0.2, -0.15) is 11.8 Å². The van der Waals surface area contributed by atoms with Crippen molar-refractivity contribution in [2.24, 2.45) is 0 Å². The Kier molecular flexibility index (Phi) is 6.95. The van der Waals surface area contributed by atoms with Crippen molar-refractivity contribution in [3.8, 4) is 0 Å². The topological polar surface area (TPSA) is 12.0 Å². The van der Waals surface area contributed by atoms with Gasteiger partial charge in [0, 0.05) is 16.5 Å². The molecule has 2 heteroatoms. The minimum absolute atomic E-state index is 0.498. The van der Waals surface area contributed by atoms with Crippen LogP contribution in [0.2, 0.25) is 0 Å². The van der Waals surface area contributed by atoms with Crippen LogP contribution in [-0.2, 0) is 0 Å². The van der Waals surface area contributed by atoms with Gasteiger partial charge in [-0.05, 0) is 31.4 Å². The lowest BCUT2D eigenvalue weighted by Crippen LogP contribution is -2.31. The van der Waals surface area contributed by atoms with E-state index in [-0.39, 0.29) is 0 Å². The molecular formula is C18H29NS. The number of nitrogens with one attached hydrogen (secondary N) is 1. The summed E-state index contributed by atoms with van der Waals surface area (Å²) < 4.78 is 0. The van der Waals surface area contributed by atoms with Crippen LogP contribution in [0.25, 0.3) is 0 Å². The Labute approximate surface area is 128 Å². The Balaban J connectivity index is 2.04. The standard InChI is InChI=1S/C18H29NS/c1-3-17(20-16-13-9-6-10-14-16)18(19-4-2)15-11-7-5-8-12-15/h5,7-8,11-12,16-19H,3-4,6,9-10,13-14H2,1-2H3. The molecular weight excluding hydrogens is 262 g/mol. The van der Waals surface area contributed by atoms with Gasteiger partial charge in [0.25, 0.3) is 0 Å². The van der Waals surface area contributed by atoms with Gasteiger partial charge in [-0.3, -0.25) is 0 Å². The van der Waals surface area contributed by atoms with Gasteiger partial charge in [0.05, 0.1) is 0 Å². The second-order valence-corrected chi connectivity index (χ2v) is 7.33. The van der Waals surface area contributed by atoms with E-state index in [1.165, 1.54) is 44.1 Å². The Morgan fingerprint density at radius 3 is 2.40 bits per heavy atom.